The number of hydrogen-bond acceptors (Lipinski definition) is 4. The summed E-state index contributed by atoms with van der Waals surface area (Å²) in [4.78, 5) is 32.2. The van der Waals surface area contributed by atoms with Crippen molar-refractivity contribution in [2.24, 2.45) is 11.8 Å². The van der Waals surface area contributed by atoms with Crippen molar-refractivity contribution in [3.8, 4) is 0 Å². The van der Waals surface area contributed by atoms with E-state index in [0.717, 1.165) is 37.9 Å². The first-order valence-electron chi connectivity index (χ1n) is 11.7. The van der Waals surface area contributed by atoms with Crippen molar-refractivity contribution >= 4 is 11.8 Å². The molecule has 4 fully saturated rings. The highest BCUT2D eigenvalue weighted by Gasteiger charge is 2.49. The van der Waals surface area contributed by atoms with Gasteiger partial charge in [-0.05, 0) is 55.2 Å². The van der Waals surface area contributed by atoms with Crippen LogP contribution in [0.25, 0.3) is 0 Å². The minimum Gasteiger partial charge on any atom is -0.378 e. The highest BCUT2D eigenvalue weighted by atomic mass is 19.1. The van der Waals surface area contributed by atoms with Crippen LogP contribution in [0, 0.1) is 17.7 Å². The third kappa shape index (κ3) is 4.35. The summed E-state index contributed by atoms with van der Waals surface area (Å²) in [6.07, 6.45) is 4.38. The Bertz CT molecular complexity index is 828. The number of likely N-dealkylation sites (tertiary alicyclic amines) is 1. The third-order valence-corrected chi connectivity index (χ3v) is 7.63. The van der Waals surface area contributed by atoms with Gasteiger partial charge in [-0.2, -0.15) is 0 Å². The maximum atomic E-state index is 13.8. The number of ether oxygens (including phenoxy) is 1. The highest BCUT2D eigenvalue weighted by molar-refractivity contribution is 5.79. The van der Waals surface area contributed by atoms with Crippen molar-refractivity contribution in [2.75, 3.05) is 45.9 Å². The molecule has 0 spiro atoms. The topological polar surface area (TPSA) is 53.1 Å². The molecule has 0 unspecified atom stereocenters. The molecule has 2 bridgehead atoms. The summed E-state index contributed by atoms with van der Waals surface area (Å²) in [5, 5.41) is 0. The summed E-state index contributed by atoms with van der Waals surface area (Å²) < 4.78 is 19.2. The minimum absolute atomic E-state index is 0.0807. The molecule has 4 aliphatic heterocycles. The first kappa shape index (κ1) is 20.9. The van der Waals surface area contributed by atoms with Crippen molar-refractivity contribution in [1.82, 2.24) is 14.7 Å². The number of amides is 2. The molecule has 31 heavy (non-hydrogen) atoms. The Morgan fingerprint density at radius 3 is 2.77 bits per heavy atom. The zero-order valence-electron chi connectivity index (χ0n) is 18.0. The van der Waals surface area contributed by atoms with Crippen LogP contribution in [0.15, 0.2) is 24.3 Å². The van der Waals surface area contributed by atoms with Gasteiger partial charge in [0.05, 0.1) is 19.8 Å². The van der Waals surface area contributed by atoms with E-state index in [0.29, 0.717) is 57.5 Å². The van der Waals surface area contributed by atoms with Gasteiger partial charge >= 0.3 is 0 Å². The molecule has 1 aromatic rings. The number of benzene rings is 1. The molecule has 5 rings (SSSR count). The van der Waals surface area contributed by atoms with Crippen molar-refractivity contribution < 1.29 is 18.7 Å². The van der Waals surface area contributed by atoms with Crippen molar-refractivity contribution in [2.45, 2.75) is 44.2 Å². The Morgan fingerprint density at radius 2 is 1.97 bits per heavy atom. The molecular formula is C24H32FN3O3. The number of hydrogen-bond donors (Lipinski definition) is 0. The number of morpholine rings is 1. The molecular weight excluding hydrogens is 397 g/mol. The van der Waals surface area contributed by atoms with Crippen LogP contribution in [0.1, 0.15) is 31.2 Å². The largest absolute Gasteiger partial charge is 0.378 e. The van der Waals surface area contributed by atoms with Gasteiger partial charge in [0, 0.05) is 44.7 Å². The van der Waals surface area contributed by atoms with Gasteiger partial charge in [-0.3, -0.25) is 14.5 Å². The fourth-order valence-corrected chi connectivity index (χ4v) is 6.27. The summed E-state index contributed by atoms with van der Waals surface area (Å²) in [7, 11) is 0. The molecule has 4 aliphatic rings. The number of rotatable bonds is 4. The predicted molar refractivity (Wildman–Crippen MR) is 114 cm³/mol. The van der Waals surface area contributed by atoms with Crippen LogP contribution >= 0.6 is 0 Å². The SMILES string of the molecule is O=C(CN1C[C@H]2C[C@@H](C1)[C@H](Cc1cccc(F)c1)N1C(=O)CCC[C@@H]21)N1CCOCC1. The lowest BCUT2D eigenvalue weighted by Crippen LogP contribution is -2.66. The Morgan fingerprint density at radius 1 is 1.16 bits per heavy atom. The number of piperidine rings is 3. The summed E-state index contributed by atoms with van der Waals surface area (Å²) in [6, 6.07) is 7.10. The Hall–Kier alpha value is -1.99. The predicted octanol–water partition coefficient (Wildman–Crippen LogP) is 1.93. The second kappa shape index (κ2) is 8.87. The third-order valence-electron chi connectivity index (χ3n) is 7.63. The van der Waals surface area contributed by atoms with Crippen LogP contribution in [0.3, 0.4) is 0 Å². The zero-order chi connectivity index (χ0) is 21.4. The molecule has 2 amide bonds. The molecule has 4 heterocycles. The normalized spacial score (nSPS) is 31.5. The molecule has 0 N–H and O–H groups in total. The molecule has 4 saturated heterocycles. The Kier molecular flexibility index (Phi) is 5.97. The number of halogens is 1. The Balaban J connectivity index is 1.34. The summed E-state index contributed by atoms with van der Waals surface area (Å²) in [5.41, 5.74) is 0.946. The second-order valence-corrected chi connectivity index (χ2v) is 9.61. The molecule has 4 atom stereocenters. The van der Waals surface area contributed by atoms with Gasteiger partial charge in [0.15, 0.2) is 0 Å². The quantitative estimate of drug-likeness (QED) is 0.734. The number of fused-ring (bicyclic) bond motifs is 4. The van der Waals surface area contributed by atoms with E-state index in [1.165, 1.54) is 6.07 Å². The van der Waals surface area contributed by atoms with Crippen LogP contribution in [0.5, 0.6) is 0 Å². The van der Waals surface area contributed by atoms with Gasteiger partial charge in [0.1, 0.15) is 5.82 Å². The molecule has 168 valence electrons. The first-order valence-corrected chi connectivity index (χ1v) is 11.7. The van der Waals surface area contributed by atoms with E-state index in [1.54, 1.807) is 12.1 Å². The van der Waals surface area contributed by atoms with E-state index in [-0.39, 0.29) is 29.7 Å². The van der Waals surface area contributed by atoms with E-state index in [9.17, 15) is 14.0 Å². The number of nitrogens with zero attached hydrogens (tertiary/aromatic N) is 3. The average Bonchev–Trinajstić information content (AvgIpc) is 2.77. The van der Waals surface area contributed by atoms with E-state index >= 15 is 0 Å². The summed E-state index contributed by atoms with van der Waals surface area (Å²) in [6.45, 7) is 4.73. The van der Waals surface area contributed by atoms with Crippen LogP contribution in [-0.4, -0.2) is 84.5 Å². The number of carbonyl (C=O) groups excluding carboxylic acids is 2. The fraction of sp³-hybridized carbons (Fsp3) is 0.667. The minimum atomic E-state index is -0.228. The van der Waals surface area contributed by atoms with E-state index in [4.69, 9.17) is 4.74 Å². The summed E-state index contributed by atoms with van der Waals surface area (Å²) in [5.74, 6) is 0.947. The van der Waals surface area contributed by atoms with Gasteiger partial charge in [-0.15, -0.1) is 0 Å². The fourth-order valence-electron chi connectivity index (χ4n) is 6.27. The molecule has 0 saturated carbocycles. The maximum absolute atomic E-state index is 13.8. The van der Waals surface area contributed by atoms with Gasteiger partial charge in [0.2, 0.25) is 11.8 Å². The van der Waals surface area contributed by atoms with Gasteiger partial charge in [0.25, 0.3) is 0 Å². The maximum Gasteiger partial charge on any atom is 0.236 e. The zero-order valence-corrected chi connectivity index (χ0v) is 18.0. The Labute approximate surface area is 183 Å². The molecule has 6 nitrogen and oxygen atoms in total. The molecule has 1 aromatic carbocycles. The lowest BCUT2D eigenvalue weighted by Gasteiger charge is -2.56. The van der Waals surface area contributed by atoms with Gasteiger partial charge in [-0.1, -0.05) is 12.1 Å². The molecule has 0 aromatic heterocycles. The van der Waals surface area contributed by atoms with E-state index in [1.807, 2.05) is 11.0 Å². The molecule has 7 heteroatoms. The molecule has 0 aliphatic carbocycles. The van der Waals surface area contributed by atoms with Crippen LogP contribution in [0.4, 0.5) is 4.39 Å². The van der Waals surface area contributed by atoms with Crippen LogP contribution < -0.4 is 0 Å². The lowest BCUT2D eigenvalue weighted by atomic mass is 9.70. The number of carbonyl (C=O) groups is 2. The highest BCUT2D eigenvalue weighted by Crippen LogP contribution is 2.42. The smallest absolute Gasteiger partial charge is 0.236 e. The summed E-state index contributed by atoms with van der Waals surface area (Å²) >= 11 is 0. The van der Waals surface area contributed by atoms with Gasteiger partial charge in [-0.25, -0.2) is 4.39 Å². The van der Waals surface area contributed by atoms with E-state index < -0.39 is 0 Å². The van der Waals surface area contributed by atoms with Crippen LogP contribution in [-0.2, 0) is 20.7 Å². The standard InChI is InChI=1S/C24H32FN3O3/c25-20-4-1-3-17(11-20)12-22-19-13-18(21-5-2-6-23(29)28(21)22)14-26(15-19)16-24(30)27-7-9-31-10-8-27/h1,3-4,11,18-19,21-22H,2,5-10,12-16H2/t18-,19+,21+,22+/m1/s1. The van der Waals surface area contributed by atoms with Crippen molar-refractivity contribution in [3.63, 3.8) is 0 Å². The first-order chi connectivity index (χ1) is 15.1. The van der Waals surface area contributed by atoms with Gasteiger partial charge < -0.3 is 14.5 Å². The van der Waals surface area contributed by atoms with Crippen molar-refractivity contribution in [3.05, 3.63) is 35.6 Å². The average molecular weight is 430 g/mol. The van der Waals surface area contributed by atoms with Crippen LogP contribution in [0.2, 0.25) is 0 Å². The van der Waals surface area contributed by atoms with Crippen molar-refractivity contribution in [1.29, 1.82) is 0 Å². The van der Waals surface area contributed by atoms with E-state index in [2.05, 4.69) is 9.80 Å². The lowest BCUT2D eigenvalue weighted by molar-refractivity contribution is -0.154. The monoisotopic (exact) mass is 429 g/mol. The second-order valence-electron chi connectivity index (χ2n) is 9.61. The molecule has 0 radical (unpaired) electrons.